The van der Waals surface area contributed by atoms with Gasteiger partial charge in [0.2, 0.25) is 11.8 Å². The van der Waals surface area contributed by atoms with Crippen molar-refractivity contribution < 1.29 is 14.3 Å². The van der Waals surface area contributed by atoms with Crippen LogP contribution >= 0.6 is 0 Å². The van der Waals surface area contributed by atoms with Gasteiger partial charge in [-0.3, -0.25) is 4.79 Å². The predicted molar refractivity (Wildman–Crippen MR) is 91.9 cm³/mol. The van der Waals surface area contributed by atoms with E-state index in [1.165, 1.54) is 7.11 Å². The van der Waals surface area contributed by atoms with E-state index in [0.29, 0.717) is 12.4 Å². The smallest absolute Gasteiger partial charge is 0.239 e. The normalized spacial score (nSPS) is 11.8. The quantitative estimate of drug-likeness (QED) is 0.812. The molecule has 1 atom stereocenters. The van der Waals surface area contributed by atoms with Crippen LogP contribution in [0.4, 0.5) is 0 Å². The van der Waals surface area contributed by atoms with E-state index in [-0.39, 0.29) is 12.5 Å². The highest BCUT2D eigenvalue weighted by Gasteiger charge is 2.12. The SMILES string of the molecule is COCC(N)C(=O)NCc1ccnc(Oc2cccc(C)c2C)c1. The number of carbonyl (C=O) groups excluding carboxylic acids is 1. The van der Waals surface area contributed by atoms with E-state index in [2.05, 4.69) is 10.3 Å². The summed E-state index contributed by atoms with van der Waals surface area (Å²) in [6, 6.07) is 8.82. The van der Waals surface area contributed by atoms with Gasteiger partial charge in [0.05, 0.1) is 6.61 Å². The van der Waals surface area contributed by atoms with Crippen molar-refractivity contribution in [3.8, 4) is 11.6 Å². The van der Waals surface area contributed by atoms with Crippen LogP contribution in [0.3, 0.4) is 0 Å². The molecule has 0 saturated carbocycles. The number of hydrogen-bond donors (Lipinski definition) is 2. The molecule has 1 aromatic carbocycles. The standard InChI is InChI=1S/C18H23N3O3/c1-12-5-4-6-16(13(12)2)24-17-9-14(7-8-20-17)10-21-18(22)15(19)11-23-3/h4-9,15H,10-11,19H2,1-3H3,(H,21,22). The Morgan fingerprint density at radius 3 is 2.88 bits per heavy atom. The molecular weight excluding hydrogens is 306 g/mol. The van der Waals surface area contributed by atoms with Gasteiger partial charge in [0.25, 0.3) is 0 Å². The van der Waals surface area contributed by atoms with Gasteiger partial charge in [-0.05, 0) is 42.7 Å². The molecule has 1 aromatic heterocycles. The van der Waals surface area contributed by atoms with Gasteiger partial charge in [0, 0.05) is 25.9 Å². The molecular formula is C18H23N3O3. The Kier molecular flexibility index (Phi) is 6.28. The Bertz CT molecular complexity index is 704. The highest BCUT2D eigenvalue weighted by molar-refractivity contribution is 5.81. The molecule has 0 aliphatic carbocycles. The molecule has 0 spiro atoms. The van der Waals surface area contributed by atoms with Crippen molar-refractivity contribution in [2.45, 2.75) is 26.4 Å². The summed E-state index contributed by atoms with van der Waals surface area (Å²) in [5.74, 6) is 0.994. The maximum absolute atomic E-state index is 11.8. The molecule has 1 amide bonds. The Hall–Kier alpha value is -2.44. The number of methoxy groups -OCH3 is 1. The number of hydrogen-bond acceptors (Lipinski definition) is 5. The van der Waals surface area contributed by atoms with Crippen LogP contribution in [0.2, 0.25) is 0 Å². The monoisotopic (exact) mass is 329 g/mol. The topological polar surface area (TPSA) is 86.5 Å². The lowest BCUT2D eigenvalue weighted by Crippen LogP contribution is -2.43. The van der Waals surface area contributed by atoms with Gasteiger partial charge < -0.3 is 20.5 Å². The molecule has 6 heteroatoms. The first-order valence-corrected chi connectivity index (χ1v) is 7.72. The number of amides is 1. The van der Waals surface area contributed by atoms with Crippen molar-refractivity contribution >= 4 is 5.91 Å². The number of nitrogens with zero attached hydrogens (tertiary/aromatic N) is 1. The van der Waals surface area contributed by atoms with Crippen LogP contribution in [-0.2, 0) is 16.1 Å². The summed E-state index contributed by atoms with van der Waals surface area (Å²) in [6.45, 7) is 4.57. The number of benzene rings is 1. The van der Waals surface area contributed by atoms with Gasteiger partial charge in [-0.2, -0.15) is 0 Å². The molecule has 0 aliphatic heterocycles. The highest BCUT2D eigenvalue weighted by atomic mass is 16.5. The third kappa shape index (κ3) is 4.78. The van der Waals surface area contributed by atoms with Gasteiger partial charge in [-0.1, -0.05) is 12.1 Å². The van der Waals surface area contributed by atoms with E-state index >= 15 is 0 Å². The number of ether oxygens (including phenoxy) is 2. The molecule has 24 heavy (non-hydrogen) atoms. The summed E-state index contributed by atoms with van der Waals surface area (Å²) in [4.78, 5) is 16.0. The molecule has 3 N–H and O–H groups in total. The summed E-state index contributed by atoms with van der Waals surface area (Å²) in [5.41, 5.74) is 8.79. The molecule has 2 rings (SSSR count). The molecule has 2 aromatic rings. The minimum absolute atomic E-state index is 0.184. The predicted octanol–water partition coefficient (Wildman–Crippen LogP) is 2.08. The maximum Gasteiger partial charge on any atom is 0.239 e. The van der Waals surface area contributed by atoms with E-state index in [1.54, 1.807) is 12.3 Å². The van der Waals surface area contributed by atoms with E-state index in [4.69, 9.17) is 15.2 Å². The van der Waals surface area contributed by atoms with Crippen molar-refractivity contribution in [2.75, 3.05) is 13.7 Å². The molecule has 128 valence electrons. The molecule has 0 radical (unpaired) electrons. The third-order valence-corrected chi connectivity index (χ3v) is 3.72. The van der Waals surface area contributed by atoms with E-state index in [1.807, 2.05) is 38.1 Å². The second-order valence-electron chi connectivity index (χ2n) is 5.58. The lowest BCUT2D eigenvalue weighted by atomic mass is 10.1. The summed E-state index contributed by atoms with van der Waals surface area (Å²) in [7, 11) is 1.51. The number of aromatic nitrogens is 1. The zero-order chi connectivity index (χ0) is 17.5. The third-order valence-electron chi connectivity index (χ3n) is 3.72. The number of carbonyl (C=O) groups is 1. The molecule has 0 saturated heterocycles. The van der Waals surface area contributed by atoms with Crippen LogP contribution in [-0.4, -0.2) is 30.6 Å². The molecule has 0 bridgehead atoms. The van der Waals surface area contributed by atoms with Crippen LogP contribution < -0.4 is 15.8 Å². The summed E-state index contributed by atoms with van der Waals surface area (Å²) >= 11 is 0. The Morgan fingerprint density at radius 1 is 1.33 bits per heavy atom. The average molecular weight is 329 g/mol. The summed E-state index contributed by atoms with van der Waals surface area (Å²) < 4.78 is 10.7. The second-order valence-corrected chi connectivity index (χ2v) is 5.58. The van der Waals surface area contributed by atoms with Crippen molar-refractivity contribution in [1.82, 2.24) is 10.3 Å². The first-order chi connectivity index (χ1) is 11.5. The molecule has 0 aliphatic rings. The maximum atomic E-state index is 11.8. The van der Waals surface area contributed by atoms with Crippen molar-refractivity contribution in [1.29, 1.82) is 0 Å². The fourth-order valence-corrected chi connectivity index (χ4v) is 2.14. The van der Waals surface area contributed by atoms with E-state index in [0.717, 1.165) is 22.4 Å². The second kappa shape index (κ2) is 8.42. The lowest BCUT2D eigenvalue weighted by molar-refractivity contribution is -0.123. The van der Waals surface area contributed by atoms with Crippen molar-refractivity contribution in [3.63, 3.8) is 0 Å². The molecule has 1 heterocycles. The number of nitrogens with two attached hydrogens (primary N) is 1. The van der Waals surface area contributed by atoms with E-state index in [9.17, 15) is 4.79 Å². The van der Waals surface area contributed by atoms with Crippen molar-refractivity contribution in [3.05, 3.63) is 53.2 Å². The fourth-order valence-electron chi connectivity index (χ4n) is 2.14. The Balaban J connectivity index is 2.01. The zero-order valence-electron chi connectivity index (χ0n) is 14.2. The van der Waals surface area contributed by atoms with E-state index < -0.39 is 6.04 Å². The van der Waals surface area contributed by atoms with Crippen LogP contribution in [0.25, 0.3) is 0 Å². The van der Waals surface area contributed by atoms with Crippen molar-refractivity contribution in [2.24, 2.45) is 5.73 Å². The van der Waals surface area contributed by atoms with Gasteiger partial charge in [-0.15, -0.1) is 0 Å². The number of pyridine rings is 1. The van der Waals surface area contributed by atoms with Crippen LogP contribution in [0.5, 0.6) is 11.6 Å². The van der Waals surface area contributed by atoms with Crippen LogP contribution in [0.1, 0.15) is 16.7 Å². The molecule has 6 nitrogen and oxygen atoms in total. The number of nitrogens with one attached hydrogen (secondary N) is 1. The zero-order valence-corrected chi connectivity index (χ0v) is 14.2. The minimum atomic E-state index is -0.678. The van der Waals surface area contributed by atoms with Crippen LogP contribution in [0, 0.1) is 13.8 Å². The first kappa shape index (κ1) is 17.9. The van der Waals surface area contributed by atoms with Crippen LogP contribution in [0.15, 0.2) is 36.5 Å². The number of rotatable bonds is 7. The average Bonchev–Trinajstić information content (AvgIpc) is 2.57. The number of aryl methyl sites for hydroxylation is 1. The largest absolute Gasteiger partial charge is 0.439 e. The Labute approximate surface area is 142 Å². The Morgan fingerprint density at radius 2 is 2.12 bits per heavy atom. The minimum Gasteiger partial charge on any atom is -0.439 e. The highest BCUT2D eigenvalue weighted by Crippen LogP contribution is 2.25. The molecule has 1 unspecified atom stereocenters. The van der Waals surface area contributed by atoms with Gasteiger partial charge in [0.15, 0.2) is 0 Å². The summed E-state index contributed by atoms with van der Waals surface area (Å²) in [5, 5.41) is 2.77. The fraction of sp³-hybridized carbons (Fsp3) is 0.333. The van der Waals surface area contributed by atoms with Gasteiger partial charge in [-0.25, -0.2) is 4.98 Å². The summed E-state index contributed by atoms with van der Waals surface area (Å²) in [6.07, 6.45) is 1.65. The molecule has 0 fully saturated rings. The first-order valence-electron chi connectivity index (χ1n) is 7.72. The van der Waals surface area contributed by atoms with Gasteiger partial charge >= 0.3 is 0 Å². The lowest BCUT2D eigenvalue weighted by Gasteiger charge is -2.12. The van der Waals surface area contributed by atoms with Gasteiger partial charge in [0.1, 0.15) is 11.8 Å².